The molecule has 0 fully saturated rings. The first-order valence-electron chi connectivity index (χ1n) is 7.70. The van der Waals surface area contributed by atoms with Crippen LogP contribution in [0, 0.1) is 12.7 Å². The van der Waals surface area contributed by atoms with Crippen molar-refractivity contribution < 1.29 is 18.7 Å². The Balaban J connectivity index is 1.84. The molecule has 0 saturated carbocycles. The second kappa shape index (κ2) is 7.25. The van der Waals surface area contributed by atoms with E-state index in [0.717, 1.165) is 5.56 Å². The smallest absolute Gasteiger partial charge is 0.356 e. The molecule has 0 unspecified atom stereocenters. The number of pyridine rings is 1. The Hall–Kier alpha value is -2.74. The van der Waals surface area contributed by atoms with Gasteiger partial charge in [-0.05, 0) is 52.2 Å². The maximum absolute atomic E-state index is 13.3. The van der Waals surface area contributed by atoms with Crippen LogP contribution in [0.25, 0.3) is 5.65 Å². The number of benzene rings is 1. The normalized spacial score (nSPS) is 10.8. The van der Waals surface area contributed by atoms with Crippen molar-refractivity contribution in [2.45, 2.75) is 13.5 Å². The Bertz CT molecular complexity index is 1020. The molecule has 0 spiro atoms. The molecule has 0 aliphatic rings. The first-order chi connectivity index (χ1) is 12.4. The van der Waals surface area contributed by atoms with Crippen molar-refractivity contribution in [3.05, 3.63) is 69.3 Å². The van der Waals surface area contributed by atoms with E-state index in [9.17, 15) is 14.0 Å². The van der Waals surface area contributed by atoms with E-state index in [2.05, 4.69) is 26.2 Å². The molecule has 0 saturated heterocycles. The third-order valence-electron chi connectivity index (χ3n) is 3.87. The minimum Gasteiger partial charge on any atom is -0.464 e. The molecule has 0 aliphatic heterocycles. The third kappa shape index (κ3) is 3.45. The number of halogens is 2. The van der Waals surface area contributed by atoms with Crippen molar-refractivity contribution in [1.82, 2.24) is 14.7 Å². The summed E-state index contributed by atoms with van der Waals surface area (Å²) in [5.41, 5.74) is 2.13. The van der Waals surface area contributed by atoms with E-state index in [1.807, 2.05) is 0 Å². The molecule has 0 atom stereocenters. The highest BCUT2D eigenvalue weighted by Gasteiger charge is 2.18. The molecule has 6 nitrogen and oxygen atoms in total. The van der Waals surface area contributed by atoms with Gasteiger partial charge in [-0.2, -0.15) is 0 Å². The zero-order valence-electron chi connectivity index (χ0n) is 14.0. The van der Waals surface area contributed by atoms with Gasteiger partial charge in [-0.1, -0.05) is 12.1 Å². The molecule has 3 rings (SSSR count). The monoisotopic (exact) mass is 419 g/mol. The van der Waals surface area contributed by atoms with Crippen LogP contribution in [0.3, 0.4) is 0 Å². The van der Waals surface area contributed by atoms with Crippen LogP contribution in [-0.4, -0.2) is 28.4 Å². The van der Waals surface area contributed by atoms with Gasteiger partial charge in [0.15, 0.2) is 0 Å². The highest BCUT2D eigenvalue weighted by Crippen LogP contribution is 2.20. The summed E-state index contributed by atoms with van der Waals surface area (Å²) in [4.78, 5) is 28.6. The van der Waals surface area contributed by atoms with Crippen molar-refractivity contribution in [3.63, 3.8) is 0 Å². The number of imidazole rings is 1. The number of aromatic nitrogens is 2. The maximum Gasteiger partial charge on any atom is 0.356 e. The quantitative estimate of drug-likeness (QED) is 0.658. The van der Waals surface area contributed by atoms with Gasteiger partial charge in [0.2, 0.25) is 0 Å². The Morgan fingerprint density at radius 3 is 2.77 bits per heavy atom. The standard InChI is InChI=1S/C18H15BrFN3O3/c1-10-7-11(3-5-13(10)20)8-21-17(24)14-9-23-15(22-14)6-4-12(19)16(23)18(25)26-2/h3-7,9H,8H2,1-2H3,(H,21,24). The van der Waals surface area contributed by atoms with Gasteiger partial charge in [-0.15, -0.1) is 0 Å². The van der Waals surface area contributed by atoms with Crippen molar-refractivity contribution in [2.24, 2.45) is 0 Å². The van der Waals surface area contributed by atoms with Crippen LogP contribution in [0.5, 0.6) is 0 Å². The number of aryl methyl sites for hydroxylation is 1. The summed E-state index contributed by atoms with van der Waals surface area (Å²) in [6.45, 7) is 1.90. The van der Waals surface area contributed by atoms with Crippen LogP contribution in [0.15, 0.2) is 41.0 Å². The van der Waals surface area contributed by atoms with Gasteiger partial charge in [0.1, 0.15) is 22.9 Å². The lowest BCUT2D eigenvalue weighted by Gasteiger charge is -2.05. The molecular weight excluding hydrogens is 405 g/mol. The number of carbonyl (C=O) groups is 2. The van der Waals surface area contributed by atoms with Gasteiger partial charge in [0, 0.05) is 17.2 Å². The minimum absolute atomic E-state index is 0.159. The first-order valence-corrected chi connectivity index (χ1v) is 8.49. The SMILES string of the molecule is COC(=O)c1c(Br)ccc2nc(C(=O)NCc3ccc(F)c(C)c3)cn12. The molecule has 8 heteroatoms. The second-order valence-corrected chi connectivity index (χ2v) is 6.50. The van der Waals surface area contributed by atoms with Gasteiger partial charge < -0.3 is 10.1 Å². The molecule has 134 valence electrons. The number of nitrogens with one attached hydrogen (secondary N) is 1. The van der Waals surface area contributed by atoms with Gasteiger partial charge in [-0.3, -0.25) is 9.20 Å². The number of ether oxygens (including phenoxy) is 1. The number of carbonyl (C=O) groups excluding carboxylic acids is 2. The summed E-state index contributed by atoms with van der Waals surface area (Å²) in [6.07, 6.45) is 1.47. The van der Waals surface area contributed by atoms with Crippen LogP contribution in [0.4, 0.5) is 4.39 Å². The van der Waals surface area contributed by atoms with E-state index < -0.39 is 11.9 Å². The van der Waals surface area contributed by atoms with Crippen molar-refractivity contribution in [1.29, 1.82) is 0 Å². The van der Waals surface area contributed by atoms with Crippen LogP contribution in [-0.2, 0) is 11.3 Å². The van der Waals surface area contributed by atoms with Gasteiger partial charge in [-0.25, -0.2) is 14.2 Å². The third-order valence-corrected chi connectivity index (χ3v) is 4.51. The van der Waals surface area contributed by atoms with Gasteiger partial charge in [0.05, 0.1) is 7.11 Å². The first kappa shape index (κ1) is 18.1. The molecule has 2 heterocycles. The highest BCUT2D eigenvalue weighted by molar-refractivity contribution is 9.10. The molecule has 1 aromatic carbocycles. The summed E-state index contributed by atoms with van der Waals surface area (Å²) in [7, 11) is 1.28. The van der Waals surface area contributed by atoms with Crippen molar-refractivity contribution >= 4 is 33.5 Å². The van der Waals surface area contributed by atoms with E-state index in [-0.39, 0.29) is 23.7 Å². The molecule has 2 aromatic heterocycles. The molecular formula is C18H15BrFN3O3. The van der Waals surface area contributed by atoms with Crippen molar-refractivity contribution in [3.8, 4) is 0 Å². The number of fused-ring (bicyclic) bond motifs is 1. The summed E-state index contributed by atoms with van der Waals surface area (Å²) in [6, 6.07) is 7.99. The van der Waals surface area contributed by atoms with Crippen molar-refractivity contribution in [2.75, 3.05) is 7.11 Å². The lowest BCUT2D eigenvalue weighted by molar-refractivity contribution is 0.0591. The lowest BCUT2D eigenvalue weighted by atomic mass is 10.1. The molecule has 0 aliphatic carbocycles. The number of methoxy groups -OCH3 is 1. The number of esters is 1. The molecule has 26 heavy (non-hydrogen) atoms. The van der Waals surface area contributed by atoms with Gasteiger partial charge >= 0.3 is 5.97 Å². The fourth-order valence-corrected chi connectivity index (χ4v) is 3.01. The molecule has 3 aromatic rings. The summed E-state index contributed by atoms with van der Waals surface area (Å²) < 4.78 is 20.1. The Morgan fingerprint density at radius 2 is 2.08 bits per heavy atom. The fourth-order valence-electron chi connectivity index (χ4n) is 2.52. The molecule has 1 N–H and O–H groups in total. The Labute approximate surface area is 157 Å². The Kier molecular flexibility index (Phi) is 5.03. The zero-order chi connectivity index (χ0) is 18.8. The lowest BCUT2D eigenvalue weighted by Crippen LogP contribution is -2.23. The molecule has 0 radical (unpaired) electrons. The van der Waals surface area contributed by atoms with E-state index in [0.29, 0.717) is 15.7 Å². The average Bonchev–Trinajstić information content (AvgIpc) is 3.06. The minimum atomic E-state index is -0.548. The summed E-state index contributed by atoms with van der Waals surface area (Å²) in [5.74, 6) is -1.24. The number of rotatable bonds is 4. The predicted octanol–water partition coefficient (Wildman–Crippen LogP) is 3.26. The summed E-state index contributed by atoms with van der Waals surface area (Å²) >= 11 is 3.30. The zero-order valence-corrected chi connectivity index (χ0v) is 15.6. The van der Waals surface area contributed by atoms with Crippen LogP contribution in [0.1, 0.15) is 32.1 Å². The topological polar surface area (TPSA) is 72.7 Å². The van der Waals surface area contributed by atoms with E-state index in [4.69, 9.17) is 4.74 Å². The largest absolute Gasteiger partial charge is 0.464 e. The van der Waals surface area contributed by atoms with Crippen LogP contribution in [0.2, 0.25) is 0 Å². The van der Waals surface area contributed by atoms with Crippen LogP contribution < -0.4 is 5.32 Å². The summed E-state index contributed by atoms with van der Waals surface area (Å²) in [5, 5.41) is 2.74. The maximum atomic E-state index is 13.3. The Morgan fingerprint density at radius 1 is 1.31 bits per heavy atom. The van der Waals surface area contributed by atoms with E-state index >= 15 is 0 Å². The predicted molar refractivity (Wildman–Crippen MR) is 96.5 cm³/mol. The highest BCUT2D eigenvalue weighted by atomic mass is 79.9. The van der Waals surface area contributed by atoms with E-state index in [1.54, 1.807) is 31.2 Å². The molecule has 1 amide bonds. The van der Waals surface area contributed by atoms with Crippen LogP contribution >= 0.6 is 15.9 Å². The fraction of sp³-hybridized carbons (Fsp3) is 0.167. The van der Waals surface area contributed by atoms with Gasteiger partial charge in [0.25, 0.3) is 5.91 Å². The second-order valence-electron chi connectivity index (χ2n) is 5.64. The number of hydrogen-bond donors (Lipinski definition) is 1. The number of amides is 1. The number of nitrogens with zero attached hydrogens (tertiary/aromatic N) is 2. The molecule has 0 bridgehead atoms. The average molecular weight is 420 g/mol. The van der Waals surface area contributed by atoms with E-state index in [1.165, 1.54) is 23.8 Å². The number of hydrogen-bond acceptors (Lipinski definition) is 4.